The van der Waals surface area contributed by atoms with E-state index in [1.54, 1.807) is 16.8 Å². The minimum atomic E-state index is -0.136. The summed E-state index contributed by atoms with van der Waals surface area (Å²) in [5.41, 5.74) is 3.39. The van der Waals surface area contributed by atoms with Gasteiger partial charge in [0.25, 0.3) is 5.91 Å². The standard InChI is InChI=1S/C14H16N2O3S2/c17-14(10-2-4-20-7-10)16-12-1-3-18-6-13(12)19-5-11-8-21-9-15-11/h2,4,7-9,12-13H,1,3,5-6H2,(H,16,17)/t12-,13-/m1/s1. The first-order valence-corrected chi connectivity index (χ1v) is 8.61. The fourth-order valence-corrected chi connectivity index (χ4v) is 3.37. The lowest BCUT2D eigenvalue weighted by Gasteiger charge is -2.31. The molecule has 7 heteroatoms. The van der Waals surface area contributed by atoms with Crippen LogP contribution in [-0.2, 0) is 16.1 Å². The van der Waals surface area contributed by atoms with E-state index in [-0.39, 0.29) is 18.1 Å². The first-order valence-electron chi connectivity index (χ1n) is 6.72. The van der Waals surface area contributed by atoms with Crippen molar-refractivity contribution in [1.29, 1.82) is 0 Å². The number of hydrogen-bond acceptors (Lipinski definition) is 6. The van der Waals surface area contributed by atoms with Gasteiger partial charge in [0.05, 0.1) is 30.5 Å². The molecule has 1 N–H and O–H groups in total. The van der Waals surface area contributed by atoms with Gasteiger partial charge in [-0.1, -0.05) is 0 Å². The van der Waals surface area contributed by atoms with Crippen molar-refractivity contribution in [3.05, 3.63) is 39.0 Å². The fourth-order valence-electron chi connectivity index (χ4n) is 2.19. The molecule has 1 fully saturated rings. The summed E-state index contributed by atoms with van der Waals surface area (Å²) in [6, 6.07) is 1.80. The summed E-state index contributed by atoms with van der Waals surface area (Å²) in [6.07, 6.45) is 0.625. The summed E-state index contributed by atoms with van der Waals surface area (Å²) in [4.78, 5) is 16.3. The molecule has 21 heavy (non-hydrogen) atoms. The Hall–Kier alpha value is -1.28. The van der Waals surface area contributed by atoms with E-state index in [9.17, 15) is 4.79 Å². The smallest absolute Gasteiger partial charge is 0.252 e. The molecule has 0 bridgehead atoms. The van der Waals surface area contributed by atoms with Crippen molar-refractivity contribution in [1.82, 2.24) is 10.3 Å². The zero-order valence-electron chi connectivity index (χ0n) is 11.4. The number of carbonyl (C=O) groups is 1. The van der Waals surface area contributed by atoms with Gasteiger partial charge in [-0.3, -0.25) is 4.79 Å². The molecule has 1 amide bonds. The number of aromatic nitrogens is 1. The highest BCUT2D eigenvalue weighted by Gasteiger charge is 2.28. The van der Waals surface area contributed by atoms with Gasteiger partial charge < -0.3 is 14.8 Å². The summed E-state index contributed by atoms with van der Waals surface area (Å²) in [6.45, 7) is 1.59. The number of thiophene rings is 1. The van der Waals surface area contributed by atoms with Crippen molar-refractivity contribution in [3.8, 4) is 0 Å². The van der Waals surface area contributed by atoms with Gasteiger partial charge in [-0.05, 0) is 17.9 Å². The Balaban J connectivity index is 1.57. The Morgan fingerprint density at radius 2 is 2.43 bits per heavy atom. The summed E-state index contributed by atoms with van der Waals surface area (Å²) < 4.78 is 11.3. The van der Waals surface area contributed by atoms with Crippen LogP contribution < -0.4 is 5.32 Å². The molecule has 5 nitrogen and oxygen atoms in total. The molecule has 0 aromatic carbocycles. The van der Waals surface area contributed by atoms with E-state index in [2.05, 4.69) is 10.3 Å². The maximum Gasteiger partial charge on any atom is 0.252 e. The summed E-state index contributed by atoms with van der Waals surface area (Å²) in [5.74, 6) is -0.0505. The summed E-state index contributed by atoms with van der Waals surface area (Å²) in [5, 5.41) is 8.75. The van der Waals surface area contributed by atoms with E-state index in [1.807, 2.05) is 22.2 Å². The second-order valence-corrected chi connectivity index (χ2v) is 6.28. The van der Waals surface area contributed by atoms with Crippen LogP contribution in [0.1, 0.15) is 22.5 Å². The van der Waals surface area contributed by atoms with Gasteiger partial charge in [0.15, 0.2) is 0 Å². The molecule has 112 valence electrons. The molecular formula is C14H16N2O3S2. The maximum absolute atomic E-state index is 12.1. The van der Waals surface area contributed by atoms with Crippen LogP contribution in [0.2, 0.25) is 0 Å². The molecule has 1 saturated heterocycles. The van der Waals surface area contributed by atoms with E-state index in [0.29, 0.717) is 25.4 Å². The van der Waals surface area contributed by atoms with Gasteiger partial charge in [0.1, 0.15) is 6.10 Å². The summed E-state index contributed by atoms with van der Waals surface area (Å²) in [7, 11) is 0. The largest absolute Gasteiger partial charge is 0.379 e. The molecule has 0 unspecified atom stereocenters. The van der Waals surface area contributed by atoms with Crippen molar-refractivity contribution in [2.75, 3.05) is 13.2 Å². The average molecular weight is 324 g/mol. The van der Waals surface area contributed by atoms with Crippen molar-refractivity contribution >= 4 is 28.6 Å². The third kappa shape index (κ3) is 3.88. The van der Waals surface area contributed by atoms with Crippen LogP contribution in [-0.4, -0.2) is 36.3 Å². The first-order chi connectivity index (χ1) is 10.3. The van der Waals surface area contributed by atoms with Crippen LogP contribution in [0, 0.1) is 0 Å². The van der Waals surface area contributed by atoms with Gasteiger partial charge in [0.2, 0.25) is 0 Å². The molecule has 0 radical (unpaired) electrons. The van der Waals surface area contributed by atoms with Crippen molar-refractivity contribution in [2.24, 2.45) is 0 Å². The predicted molar refractivity (Wildman–Crippen MR) is 81.7 cm³/mol. The quantitative estimate of drug-likeness (QED) is 0.917. The average Bonchev–Trinajstić information content (AvgIpc) is 3.20. The Kier molecular flexibility index (Phi) is 4.97. The highest BCUT2D eigenvalue weighted by Crippen LogP contribution is 2.15. The minimum absolute atomic E-state index is 0.0233. The predicted octanol–water partition coefficient (Wildman–Crippen LogP) is 2.31. The molecule has 0 spiro atoms. The molecule has 1 aliphatic heterocycles. The van der Waals surface area contributed by atoms with Crippen LogP contribution in [0.4, 0.5) is 0 Å². The second kappa shape index (κ2) is 7.13. The molecule has 3 rings (SSSR count). The second-order valence-electron chi connectivity index (χ2n) is 4.78. The van der Waals surface area contributed by atoms with Gasteiger partial charge in [-0.15, -0.1) is 11.3 Å². The first kappa shape index (κ1) is 14.6. The van der Waals surface area contributed by atoms with Crippen LogP contribution >= 0.6 is 22.7 Å². The van der Waals surface area contributed by atoms with Crippen molar-refractivity contribution in [2.45, 2.75) is 25.2 Å². The number of hydrogen-bond donors (Lipinski definition) is 1. The fraction of sp³-hybridized carbons (Fsp3) is 0.429. The lowest BCUT2D eigenvalue weighted by molar-refractivity contribution is -0.0742. The lowest BCUT2D eigenvalue weighted by atomic mass is 10.1. The summed E-state index contributed by atoms with van der Waals surface area (Å²) >= 11 is 3.06. The highest BCUT2D eigenvalue weighted by molar-refractivity contribution is 7.08. The maximum atomic E-state index is 12.1. The zero-order valence-corrected chi connectivity index (χ0v) is 13.0. The van der Waals surface area contributed by atoms with Crippen LogP contribution in [0.5, 0.6) is 0 Å². The van der Waals surface area contributed by atoms with Crippen LogP contribution in [0.15, 0.2) is 27.7 Å². The topological polar surface area (TPSA) is 60.5 Å². The number of ether oxygens (including phenoxy) is 2. The number of nitrogens with zero attached hydrogens (tertiary/aromatic N) is 1. The Morgan fingerprint density at radius 1 is 1.48 bits per heavy atom. The Labute approximate surface area is 130 Å². The Morgan fingerprint density at radius 3 is 3.19 bits per heavy atom. The SMILES string of the molecule is O=C(N[C@@H]1CCOC[C@H]1OCc1cscn1)c1ccsc1. The third-order valence-corrected chi connectivity index (χ3v) is 4.65. The van der Waals surface area contributed by atoms with E-state index in [1.165, 1.54) is 11.3 Å². The normalized spacial score (nSPS) is 22.1. The van der Waals surface area contributed by atoms with E-state index < -0.39 is 0 Å². The Bertz CT molecular complexity index is 557. The molecule has 2 atom stereocenters. The number of carbonyl (C=O) groups excluding carboxylic acids is 1. The van der Waals surface area contributed by atoms with E-state index in [0.717, 1.165) is 12.1 Å². The zero-order chi connectivity index (χ0) is 14.5. The molecule has 1 aliphatic rings. The molecular weight excluding hydrogens is 308 g/mol. The molecule has 2 aromatic rings. The van der Waals surface area contributed by atoms with E-state index >= 15 is 0 Å². The van der Waals surface area contributed by atoms with Gasteiger partial charge in [-0.25, -0.2) is 4.98 Å². The minimum Gasteiger partial charge on any atom is -0.379 e. The van der Waals surface area contributed by atoms with Crippen molar-refractivity contribution < 1.29 is 14.3 Å². The van der Waals surface area contributed by atoms with E-state index in [4.69, 9.17) is 9.47 Å². The molecule has 2 aromatic heterocycles. The number of nitrogens with one attached hydrogen (secondary N) is 1. The molecule has 0 saturated carbocycles. The number of thiazole rings is 1. The number of rotatable bonds is 5. The molecule has 0 aliphatic carbocycles. The van der Waals surface area contributed by atoms with Crippen LogP contribution in [0.25, 0.3) is 0 Å². The van der Waals surface area contributed by atoms with Gasteiger partial charge in [-0.2, -0.15) is 11.3 Å². The van der Waals surface area contributed by atoms with Gasteiger partial charge in [0, 0.05) is 22.9 Å². The number of amides is 1. The highest BCUT2D eigenvalue weighted by atomic mass is 32.1. The van der Waals surface area contributed by atoms with Gasteiger partial charge >= 0.3 is 0 Å². The monoisotopic (exact) mass is 324 g/mol. The third-order valence-electron chi connectivity index (χ3n) is 3.33. The lowest BCUT2D eigenvalue weighted by Crippen LogP contribution is -2.49. The van der Waals surface area contributed by atoms with Crippen LogP contribution in [0.3, 0.4) is 0 Å². The molecule has 3 heterocycles. The van der Waals surface area contributed by atoms with Crippen molar-refractivity contribution in [3.63, 3.8) is 0 Å².